The summed E-state index contributed by atoms with van der Waals surface area (Å²) < 4.78 is 0. The summed E-state index contributed by atoms with van der Waals surface area (Å²) in [5, 5.41) is 2.79. The molecule has 0 aliphatic carbocycles. The minimum atomic E-state index is -0.0460. The van der Waals surface area contributed by atoms with Gasteiger partial charge in [0.25, 0.3) is 0 Å². The molecule has 0 aromatic heterocycles. The molecule has 0 atom stereocenters. The summed E-state index contributed by atoms with van der Waals surface area (Å²) in [6.07, 6.45) is 0.348. The van der Waals surface area contributed by atoms with Crippen LogP contribution in [0.4, 0.5) is 5.69 Å². The number of carbonyl (C=O) groups is 1. The van der Waals surface area contributed by atoms with Crippen LogP contribution in [0.25, 0.3) is 0 Å². The fraction of sp³-hybridized carbons (Fsp3) is 0.417. The highest BCUT2D eigenvalue weighted by Crippen LogP contribution is 2.10. The van der Waals surface area contributed by atoms with Gasteiger partial charge in [-0.3, -0.25) is 4.79 Å². The SMILES string of the molecule is CN(C)Cc1ccc(NC(=O)CCCl)cc1. The largest absolute Gasteiger partial charge is 0.326 e. The Morgan fingerprint density at radius 2 is 1.94 bits per heavy atom. The van der Waals surface area contributed by atoms with Crippen molar-refractivity contribution >= 4 is 23.2 Å². The van der Waals surface area contributed by atoms with Gasteiger partial charge < -0.3 is 10.2 Å². The molecule has 1 aromatic rings. The molecule has 1 N–H and O–H groups in total. The Bertz CT molecular complexity index is 335. The summed E-state index contributed by atoms with van der Waals surface area (Å²) in [4.78, 5) is 13.4. The molecule has 3 nitrogen and oxygen atoms in total. The number of benzene rings is 1. The summed E-state index contributed by atoms with van der Waals surface area (Å²) in [7, 11) is 4.05. The zero-order chi connectivity index (χ0) is 12.0. The van der Waals surface area contributed by atoms with Crippen molar-refractivity contribution in [1.82, 2.24) is 4.90 Å². The minimum Gasteiger partial charge on any atom is -0.326 e. The molecule has 16 heavy (non-hydrogen) atoms. The number of halogens is 1. The Morgan fingerprint density at radius 3 is 2.44 bits per heavy atom. The third-order valence-electron chi connectivity index (χ3n) is 2.06. The number of hydrogen-bond donors (Lipinski definition) is 1. The maximum atomic E-state index is 11.3. The first-order chi connectivity index (χ1) is 7.61. The molecule has 1 amide bonds. The highest BCUT2D eigenvalue weighted by Gasteiger charge is 2.01. The maximum Gasteiger partial charge on any atom is 0.225 e. The topological polar surface area (TPSA) is 32.3 Å². The molecule has 0 saturated carbocycles. The highest BCUT2D eigenvalue weighted by atomic mass is 35.5. The van der Waals surface area contributed by atoms with E-state index < -0.39 is 0 Å². The van der Waals surface area contributed by atoms with Crippen molar-refractivity contribution in [2.24, 2.45) is 0 Å². The second-order valence-corrected chi connectivity index (χ2v) is 4.30. The Morgan fingerprint density at radius 1 is 1.31 bits per heavy atom. The Hall–Kier alpha value is -1.06. The molecule has 0 radical (unpaired) electrons. The van der Waals surface area contributed by atoms with E-state index in [4.69, 9.17) is 11.6 Å². The van der Waals surface area contributed by atoms with E-state index >= 15 is 0 Å². The fourth-order valence-corrected chi connectivity index (χ4v) is 1.54. The van der Waals surface area contributed by atoms with E-state index in [9.17, 15) is 4.79 Å². The summed E-state index contributed by atoms with van der Waals surface area (Å²) in [6.45, 7) is 0.899. The summed E-state index contributed by atoms with van der Waals surface area (Å²) in [5.41, 5.74) is 2.04. The number of alkyl halides is 1. The Balaban J connectivity index is 2.54. The number of carbonyl (C=O) groups excluding carboxylic acids is 1. The standard InChI is InChI=1S/C12H17ClN2O/c1-15(2)9-10-3-5-11(6-4-10)14-12(16)7-8-13/h3-6H,7-9H2,1-2H3,(H,14,16). The van der Waals surface area contributed by atoms with Crippen LogP contribution in [0.15, 0.2) is 24.3 Å². The normalized spacial score (nSPS) is 10.5. The van der Waals surface area contributed by atoms with Gasteiger partial charge in [-0.25, -0.2) is 0 Å². The predicted octanol–water partition coefficient (Wildman–Crippen LogP) is 2.32. The lowest BCUT2D eigenvalue weighted by atomic mass is 10.2. The van der Waals surface area contributed by atoms with Gasteiger partial charge in [0.15, 0.2) is 0 Å². The molecule has 0 aliphatic rings. The molecule has 88 valence electrons. The van der Waals surface area contributed by atoms with Gasteiger partial charge in [0, 0.05) is 24.5 Å². The molecule has 4 heteroatoms. The lowest BCUT2D eigenvalue weighted by molar-refractivity contribution is -0.115. The molecule has 0 unspecified atom stereocenters. The third-order valence-corrected chi connectivity index (χ3v) is 2.25. The van der Waals surface area contributed by atoms with Crippen LogP contribution in [0.2, 0.25) is 0 Å². The van der Waals surface area contributed by atoms with Crippen LogP contribution >= 0.6 is 11.6 Å². The molecular weight excluding hydrogens is 224 g/mol. The number of hydrogen-bond acceptors (Lipinski definition) is 2. The number of nitrogens with one attached hydrogen (secondary N) is 1. The van der Waals surface area contributed by atoms with Gasteiger partial charge in [0.1, 0.15) is 0 Å². The summed E-state index contributed by atoms with van der Waals surface area (Å²) in [6, 6.07) is 7.84. The smallest absolute Gasteiger partial charge is 0.225 e. The predicted molar refractivity (Wildman–Crippen MR) is 67.8 cm³/mol. The monoisotopic (exact) mass is 240 g/mol. The first kappa shape index (κ1) is 13.0. The van der Waals surface area contributed by atoms with Crippen LogP contribution in [-0.2, 0) is 11.3 Å². The molecule has 0 aliphatic heterocycles. The van der Waals surface area contributed by atoms with Crippen LogP contribution in [0.1, 0.15) is 12.0 Å². The molecule has 1 aromatic carbocycles. The lowest BCUT2D eigenvalue weighted by Gasteiger charge is -2.10. The molecule has 0 saturated heterocycles. The Labute approximate surface area is 101 Å². The second-order valence-electron chi connectivity index (χ2n) is 3.92. The first-order valence-electron chi connectivity index (χ1n) is 5.21. The third kappa shape index (κ3) is 4.64. The van der Waals surface area contributed by atoms with E-state index in [1.165, 1.54) is 5.56 Å². The van der Waals surface area contributed by atoms with E-state index in [-0.39, 0.29) is 5.91 Å². The summed E-state index contributed by atoms with van der Waals surface area (Å²) in [5.74, 6) is 0.306. The fourth-order valence-electron chi connectivity index (χ4n) is 1.37. The molecule has 0 spiro atoms. The molecule has 1 rings (SSSR count). The van der Waals surface area contributed by atoms with Gasteiger partial charge in [0.2, 0.25) is 5.91 Å². The second kappa shape index (κ2) is 6.51. The van der Waals surface area contributed by atoms with Crippen LogP contribution < -0.4 is 5.32 Å². The van der Waals surface area contributed by atoms with Gasteiger partial charge in [-0.05, 0) is 31.8 Å². The van der Waals surface area contributed by atoms with Crippen molar-refractivity contribution in [1.29, 1.82) is 0 Å². The number of rotatable bonds is 5. The van der Waals surface area contributed by atoms with Gasteiger partial charge in [-0.2, -0.15) is 0 Å². The van der Waals surface area contributed by atoms with Gasteiger partial charge >= 0.3 is 0 Å². The van der Waals surface area contributed by atoms with Gasteiger partial charge in [-0.1, -0.05) is 12.1 Å². The minimum absolute atomic E-state index is 0.0460. The molecule has 0 bridgehead atoms. The Kier molecular flexibility index (Phi) is 5.29. The van der Waals surface area contributed by atoms with Crippen LogP contribution in [0.3, 0.4) is 0 Å². The summed E-state index contributed by atoms with van der Waals surface area (Å²) >= 11 is 5.48. The lowest BCUT2D eigenvalue weighted by Crippen LogP contribution is -2.12. The number of amides is 1. The van der Waals surface area contributed by atoms with Gasteiger partial charge in [0.05, 0.1) is 0 Å². The van der Waals surface area contributed by atoms with Crippen LogP contribution in [0, 0.1) is 0 Å². The average molecular weight is 241 g/mol. The zero-order valence-corrected chi connectivity index (χ0v) is 10.4. The van der Waals surface area contributed by atoms with Crippen molar-refractivity contribution in [3.8, 4) is 0 Å². The zero-order valence-electron chi connectivity index (χ0n) is 9.66. The van der Waals surface area contributed by atoms with Crippen molar-refractivity contribution in [2.45, 2.75) is 13.0 Å². The average Bonchev–Trinajstić information content (AvgIpc) is 2.20. The quantitative estimate of drug-likeness (QED) is 0.802. The van der Waals surface area contributed by atoms with E-state index in [2.05, 4.69) is 10.2 Å². The van der Waals surface area contributed by atoms with Gasteiger partial charge in [-0.15, -0.1) is 11.6 Å². The van der Waals surface area contributed by atoms with E-state index in [1.54, 1.807) is 0 Å². The maximum absolute atomic E-state index is 11.3. The molecule has 0 heterocycles. The van der Waals surface area contributed by atoms with Crippen LogP contribution in [0.5, 0.6) is 0 Å². The van der Waals surface area contributed by atoms with Crippen molar-refractivity contribution in [3.05, 3.63) is 29.8 Å². The van der Waals surface area contributed by atoms with Crippen molar-refractivity contribution in [3.63, 3.8) is 0 Å². The first-order valence-corrected chi connectivity index (χ1v) is 5.75. The van der Waals surface area contributed by atoms with E-state index in [0.717, 1.165) is 12.2 Å². The van der Waals surface area contributed by atoms with E-state index in [0.29, 0.717) is 12.3 Å². The van der Waals surface area contributed by atoms with Crippen molar-refractivity contribution < 1.29 is 4.79 Å². The number of nitrogens with zero attached hydrogens (tertiary/aromatic N) is 1. The van der Waals surface area contributed by atoms with Crippen LogP contribution in [-0.4, -0.2) is 30.8 Å². The highest BCUT2D eigenvalue weighted by molar-refractivity contribution is 6.19. The van der Waals surface area contributed by atoms with Crippen molar-refractivity contribution in [2.75, 3.05) is 25.3 Å². The number of anilines is 1. The van der Waals surface area contributed by atoms with E-state index in [1.807, 2.05) is 38.4 Å². The molecule has 0 fully saturated rings. The molecular formula is C12H17ClN2O.